The zero-order valence-electron chi connectivity index (χ0n) is 29.0. The van der Waals surface area contributed by atoms with Gasteiger partial charge >= 0.3 is 0 Å². The summed E-state index contributed by atoms with van der Waals surface area (Å²) in [4.78, 5) is 25.8. The van der Waals surface area contributed by atoms with Crippen LogP contribution < -0.4 is 15.0 Å². The Morgan fingerprint density at radius 1 is 0.939 bits per heavy atom. The maximum Gasteiger partial charge on any atom is 0.251 e. The summed E-state index contributed by atoms with van der Waals surface area (Å²) >= 11 is -1.22. The van der Waals surface area contributed by atoms with Crippen LogP contribution in [0.4, 0.5) is 11.5 Å². The first-order chi connectivity index (χ1) is 24.0. The lowest BCUT2D eigenvalue weighted by Gasteiger charge is -2.27. The number of aromatic nitrogens is 3. The average molecular weight is 684 g/mol. The van der Waals surface area contributed by atoms with E-state index in [-0.39, 0.29) is 5.91 Å². The Hall–Kier alpha value is -4.12. The molecule has 1 atom stereocenters. The van der Waals surface area contributed by atoms with Crippen LogP contribution in [0.1, 0.15) is 70.6 Å². The summed E-state index contributed by atoms with van der Waals surface area (Å²) in [5.41, 5.74) is 5.25. The van der Waals surface area contributed by atoms with Crippen LogP contribution in [0, 0.1) is 0 Å². The number of imidazole rings is 1. The number of carbonyl (C=O) groups is 1. The molecule has 0 unspecified atom stereocenters. The highest BCUT2D eigenvalue weighted by Crippen LogP contribution is 2.31. The third kappa shape index (κ3) is 10.2. The zero-order chi connectivity index (χ0) is 34.4. The van der Waals surface area contributed by atoms with Crippen molar-refractivity contribution in [3.8, 4) is 16.9 Å². The lowest BCUT2D eigenvalue weighted by Crippen LogP contribution is -2.28. The molecule has 0 radical (unpaired) electrons. The van der Waals surface area contributed by atoms with Crippen molar-refractivity contribution in [2.24, 2.45) is 0 Å². The largest absolute Gasteiger partial charge is 0.611 e. The Balaban J connectivity index is 1.28. The maximum absolute atomic E-state index is 13.6. The smallest absolute Gasteiger partial charge is 0.251 e. The number of benzene rings is 2. The highest BCUT2D eigenvalue weighted by atomic mass is 32.2. The molecule has 0 spiro atoms. The second-order valence-corrected chi connectivity index (χ2v) is 13.7. The third-order valence-electron chi connectivity index (χ3n) is 8.43. The second kappa shape index (κ2) is 18.6. The van der Waals surface area contributed by atoms with Gasteiger partial charge in [0.25, 0.3) is 5.91 Å². The highest BCUT2D eigenvalue weighted by Gasteiger charge is 2.20. The lowest BCUT2D eigenvalue weighted by molar-refractivity contribution is -0.112. The van der Waals surface area contributed by atoms with Gasteiger partial charge in [-0.05, 0) is 97.4 Å². The third-order valence-corrected chi connectivity index (χ3v) is 9.78. The number of fused-ring (bicyclic) bond motifs is 1. The molecule has 10 heteroatoms. The number of unbranched alkanes of at least 4 members (excludes halogenated alkanes) is 1. The molecule has 3 heterocycles. The molecule has 1 amide bonds. The number of ether oxygens (including phenoxy) is 2. The van der Waals surface area contributed by atoms with Gasteiger partial charge in [-0.1, -0.05) is 39.3 Å². The Kier molecular flexibility index (Phi) is 13.7. The molecule has 0 saturated heterocycles. The number of aryl methyl sites for hydroxylation is 1. The van der Waals surface area contributed by atoms with Gasteiger partial charge in [0.2, 0.25) is 0 Å². The molecule has 49 heavy (non-hydrogen) atoms. The number of anilines is 2. The number of nitrogens with one attached hydrogen (secondary N) is 1. The van der Waals surface area contributed by atoms with Crippen molar-refractivity contribution in [2.45, 2.75) is 76.5 Å². The first kappa shape index (κ1) is 36.2. The van der Waals surface area contributed by atoms with Crippen molar-refractivity contribution >= 4 is 34.7 Å². The van der Waals surface area contributed by atoms with Crippen LogP contribution in [0.25, 0.3) is 17.2 Å². The van der Waals surface area contributed by atoms with Gasteiger partial charge in [0.1, 0.15) is 18.2 Å². The van der Waals surface area contributed by atoms with Gasteiger partial charge in [-0.25, -0.2) is 9.97 Å². The molecular formula is C39H49N5O4S. The standard InChI is InChI=1S/C39H49N5O4S/c1-4-7-21-47-22-23-48-36-14-10-30(11-15-36)33-25-32-24-31(9-8-20-43(18-5-2)38(32)41-26-33)39(45)42-34-12-16-37(17-13-34)49(46)28-35-27-40-29-44(35)19-6-3/h10-17,24-27,29H,4-9,18-23,28H2,1-3H3,(H,42,45)/b31-24+/t49-/m0/s1. The molecule has 2 aromatic carbocycles. The van der Waals surface area contributed by atoms with Crippen molar-refractivity contribution in [3.05, 3.63) is 90.1 Å². The first-order valence-corrected chi connectivity index (χ1v) is 18.9. The van der Waals surface area contributed by atoms with E-state index in [2.05, 4.69) is 42.0 Å². The molecule has 0 saturated carbocycles. The number of pyridine rings is 1. The molecule has 1 N–H and O–H groups in total. The highest BCUT2D eigenvalue weighted by molar-refractivity contribution is 7.90. The number of amides is 1. The van der Waals surface area contributed by atoms with E-state index in [9.17, 15) is 9.35 Å². The molecule has 9 nitrogen and oxygen atoms in total. The van der Waals surface area contributed by atoms with E-state index in [1.165, 1.54) is 0 Å². The predicted octanol–water partition coefficient (Wildman–Crippen LogP) is 7.89. The van der Waals surface area contributed by atoms with Gasteiger partial charge in [0.05, 0.1) is 24.8 Å². The Morgan fingerprint density at radius 2 is 1.73 bits per heavy atom. The summed E-state index contributed by atoms with van der Waals surface area (Å²) in [5, 5.41) is 3.07. The number of hydrogen-bond acceptors (Lipinski definition) is 7. The van der Waals surface area contributed by atoms with E-state index in [0.29, 0.717) is 41.5 Å². The number of rotatable bonds is 17. The Labute approximate surface area is 293 Å². The van der Waals surface area contributed by atoms with Crippen LogP contribution in [-0.4, -0.2) is 57.9 Å². The van der Waals surface area contributed by atoms with Crippen molar-refractivity contribution in [2.75, 3.05) is 43.1 Å². The molecule has 1 aliphatic heterocycles. The molecule has 0 fully saturated rings. The fourth-order valence-electron chi connectivity index (χ4n) is 5.84. The SMILES string of the molecule is CCCCOCCOc1ccc(-c2cnc3c(c2)/C=C(/C(=O)Nc2ccc([S@@+]([O-])Cc4cncn4CCC)cc2)CCCN3CCC)cc1. The summed E-state index contributed by atoms with van der Waals surface area (Å²) in [6, 6.07) is 17.4. The molecule has 5 rings (SSSR count). The summed E-state index contributed by atoms with van der Waals surface area (Å²) in [7, 11) is 0. The molecule has 4 aromatic rings. The van der Waals surface area contributed by atoms with Crippen molar-refractivity contribution in [1.29, 1.82) is 0 Å². The van der Waals surface area contributed by atoms with Gasteiger partial charge in [0, 0.05) is 54.8 Å². The minimum Gasteiger partial charge on any atom is -0.611 e. The molecule has 0 bridgehead atoms. The lowest BCUT2D eigenvalue weighted by atomic mass is 9.99. The van der Waals surface area contributed by atoms with Gasteiger partial charge in [-0.2, -0.15) is 0 Å². The van der Waals surface area contributed by atoms with Crippen molar-refractivity contribution < 1.29 is 18.8 Å². The average Bonchev–Trinajstić information content (AvgIpc) is 3.54. The zero-order valence-corrected chi connectivity index (χ0v) is 29.8. The fraction of sp³-hybridized carbons (Fsp3) is 0.410. The summed E-state index contributed by atoms with van der Waals surface area (Å²) in [6.07, 6.45) is 13.1. The molecule has 2 aromatic heterocycles. The molecular weight excluding hydrogens is 635 g/mol. The molecule has 0 aliphatic carbocycles. The van der Waals surface area contributed by atoms with Crippen LogP contribution in [0.2, 0.25) is 0 Å². The molecule has 1 aliphatic rings. The predicted molar refractivity (Wildman–Crippen MR) is 198 cm³/mol. The van der Waals surface area contributed by atoms with E-state index >= 15 is 0 Å². The van der Waals surface area contributed by atoms with Crippen LogP contribution in [-0.2, 0) is 33.0 Å². The second-order valence-electron chi connectivity index (χ2n) is 12.3. The minimum absolute atomic E-state index is 0.141. The molecule has 260 valence electrons. The summed E-state index contributed by atoms with van der Waals surface area (Å²) < 4.78 is 26.6. The van der Waals surface area contributed by atoms with Crippen LogP contribution in [0.5, 0.6) is 5.75 Å². The van der Waals surface area contributed by atoms with Crippen molar-refractivity contribution in [3.63, 3.8) is 0 Å². The van der Waals surface area contributed by atoms with E-state index in [4.69, 9.17) is 14.5 Å². The van der Waals surface area contributed by atoms with Crippen LogP contribution >= 0.6 is 0 Å². The number of hydrogen-bond donors (Lipinski definition) is 1. The van der Waals surface area contributed by atoms with Crippen molar-refractivity contribution in [1.82, 2.24) is 14.5 Å². The monoisotopic (exact) mass is 683 g/mol. The first-order valence-electron chi connectivity index (χ1n) is 17.5. The number of carbonyl (C=O) groups excluding carboxylic acids is 1. The Bertz CT molecular complexity index is 1650. The van der Waals surface area contributed by atoms with Crippen LogP contribution in [0.15, 0.2) is 83.8 Å². The maximum atomic E-state index is 13.6. The Morgan fingerprint density at radius 3 is 2.49 bits per heavy atom. The van der Waals surface area contributed by atoms with E-state index in [1.54, 1.807) is 12.5 Å². The minimum atomic E-state index is -1.22. The quantitative estimate of drug-likeness (QED) is 0.0892. The van der Waals surface area contributed by atoms with Gasteiger partial charge < -0.3 is 28.8 Å². The fourth-order valence-corrected chi connectivity index (χ4v) is 6.95. The topological polar surface area (TPSA) is 105 Å². The summed E-state index contributed by atoms with van der Waals surface area (Å²) in [5.74, 6) is 1.95. The summed E-state index contributed by atoms with van der Waals surface area (Å²) in [6.45, 7) is 10.9. The van der Waals surface area contributed by atoms with Gasteiger partial charge in [-0.3, -0.25) is 4.79 Å². The van der Waals surface area contributed by atoms with Crippen LogP contribution in [0.3, 0.4) is 0 Å². The number of nitrogens with zero attached hydrogens (tertiary/aromatic N) is 4. The van der Waals surface area contributed by atoms with Gasteiger partial charge in [-0.15, -0.1) is 0 Å². The van der Waals surface area contributed by atoms with E-state index in [1.807, 2.05) is 65.4 Å². The van der Waals surface area contributed by atoms with E-state index in [0.717, 1.165) is 92.3 Å². The van der Waals surface area contributed by atoms with E-state index < -0.39 is 11.2 Å². The normalized spacial score (nSPS) is 14.7. The van der Waals surface area contributed by atoms with Gasteiger partial charge in [0.15, 0.2) is 10.6 Å².